The van der Waals surface area contributed by atoms with Gasteiger partial charge in [-0.15, -0.1) is 6.58 Å². The number of hydrogen-bond donors (Lipinski definition) is 1. The van der Waals surface area contributed by atoms with Crippen molar-refractivity contribution in [2.24, 2.45) is 0 Å². The van der Waals surface area contributed by atoms with Crippen molar-refractivity contribution >= 4 is 11.8 Å². The van der Waals surface area contributed by atoms with E-state index in [4.69, 9.17) is 4.42 Å². The van der Waals surface area contributed by atoms with Gasteiger partial charge in [0, 0.05) is 36.1 Å². The highest BCUT2D eigenvalue weighted by Gasteiger charge is 2.21. The van der Waals surface area contributed by atoms with Gasteiger partial charge in [-0.1, -0.05) is 6.08 Å². The van der Waals surface area contributed by atoms with Gasteiger partial charge in [0.05, 0.1) is 6.26 Å². The standard InChI is InChI=1S/C13H19NOS/c1-2-9-16-10-7-14-12-4-3-5-13-11(12)6-8-15-13/h2,6,8,12,14H,1,3-5,7,9-10H2. The van der Waals surface area contributed by atoms with Crippen LogP contribution in [0.5, 0.6) is 0 Å². The van der Waals surface area contributed by atoms with Crippen LogP contribution >= 0.6 is 11.8 Å². The van der Waals surface area contributed by atoms with Gasteiger partial charge in [-0.3, -0.25) is 0 Å². The van der Waals surface area contributed by atoms with E-state index in [9.17, 15) is 0 Å². The summed E-state index contributed by atoms with van der Waals surface area (Å²) in [4.78, 5) is 0. The summed E-state index contributed by atoms with van der Waals surface area (Å²) in [6.45, 7) is 4.78. The molecule has 16 heavy (non-hydrogen) atoms. The van der Waals surface area contributed by atoms with Gasteiger partial charge in [-0.25, -0.2) is 0 Å². The van der Waals surface area contributed by atoms with Crippen LogP contribution in [-0.2, 0) is 6.42 Å². The van der Waals surface area contributed by atoms with Crippen LogP contribution in [0.3, 0.4) is 0 Å². The minimum Gasteiger partial charge on any atom is -0.469 e. The van der Waals surface area contributed by atoms with Crippen molar-refractivity contribution in [2.75, 3.05) is 18.1 Å². The van der Waals surface area contributed by atoms with Crippen molar-refractivity contribution in [3.05, 3.63) is 36.3 Å². The lowest BCUT2D eigenvalue weighted by Crippen LogP contribution is -2.26. The first-order chi connectivity index (χ1) is 7.92. The first-order valence-electron chi connectivity index (χ1n) is 5.90. The molecular formula is C13H19NOS. The van der Waals surface area contributed by atoms with E-state index in [0.29, 0.717) is 6.04 Å². The Hall–Kier alpha value is -0.670. The third-order valence-electron chi connectivity index (χ3n) is 2.92. The summed E-state index contributed by atoms with van der Waals surface area (Å²) in [5, 5.41) is 3.61. The number of hydrogen-bond acceptors (Lipinski definition) is 3. The van der Waals surface area contributed by atoms with Crippen molar-refractivity contribution in [2.45, 2.75) is 25.3 Å². The van der Waals surface area contributed by atoms with Crippen LogP contribution in [0.2, 0.25) is 0 Å². The average molecular weight is 237 g/mol. The molecule has 2 rings (SSSR count). The van der Waals surface area contributed by atoms with Crippen molar-refractivity contribution < 1.29 is 4.42 Å². The molecule has 0 saturated carbocycles. The predicted octanol–water partition coefficient (Wildman–Crippen LogP) is 3.17. The van der Waals surface area contributed by atoms with Crippen LogP contribution in [0, 0.1) is 0 Å². The normalized spacial score (nSPS) is 19.4. The van der Waals surface area contributed by atoms with Crippen molar-refractivity contribution in [1.29, 1.82) is 0 Å². The van der Waals surface area contributed by atoms with E-state index in [2.05, 4.69) is 18.0 Å². The van der Waals surface area contributed by atoms with Gasteiger partial charge < -0.3 is 9.73 Å². The molecule has 1 heterocycles. The Kier molecular flexibility index (Phi) is 4.55. The zero-order chi connectivity index (χ0) is 11.2. The molecule has 3 heteroatoms. The van der Waals surface area contributed by atoms with Gasteiger partial charge >= 0.3 is 0 Å². The predicted molar refractivity (Wildman–Crippen MR) is 69.9 cm³/mol. The van der Waals surface area contributed by atoms with E-state index in [1.807, 2.05) is 24.1 Å². The van der Waals surface area contributed by atoms with Gasteiger partial charge in [0.2, 0.25) is 0 Å². The van der Waals surface area contributed by atoms with E-state index < -0.39 is 0 Å². The molecule has 0 saturated heterocycles. The SMILES string of the molecule is C=CCSCCNC1CCCc2occc21. The van der Waals surface area contributed by atoms with Crippen LogP contribution in [-0.4, -0.2) is 18.1 Å². The number of thioether (sulfide) groups is 1. The summed E-state index contributed by atoms with van der Waals surface area (Å²) in [7, 11) is 0. The van der Waals surface area contributed by atoms with Crippen LogP contribution in [0.4, 0.5) is 0 Å². The van der Waals surface area contributed by atoms with E-state index in [0.717, 1.165) is 24.5 Å². The van der Waals surface area contributed by atoms with Crippen LogP contribution in [0.1, 0.15) is 30.2 Å². The molecule has 1 aromatic heterocycles. The Labute approximate surface area is 101 Å². The number of fused-ring (bicyclic) bond motifs is 1. The number of furan rings is 1. The maximum Gasteiger partial charge on any atom is 0.108 e. The fraction of sp³-hybridized carbons (Fsp3) is 0.538. The molecule has 0 amide bonds. The fourth-order valence-corrected chi connectivity index (χ4v) is 2.77. The topological polar surface area (TPSA) is 25.2 Å². The summed E-state index contributed by atoms with van der Waals surface area (Å²) in [5.41, 5.74) is 1.37. The third kappa shape index (κ3) is 2.92. The smallest absolute Gasteiger partial charge is 0.108 e. The minimum absolute atomic E-state index is 0.506. The summed E-state index contributed by atoms with van der Waals surface area (Å²) in [6.07, 6.45) is 7.35. The van der Waals surface area contributed by atoms with E-state index in [-0.39, 0.29) is 0 Å². The molecule has 1 aliphatic carbocycles. The molecule has 0 aliphatic heterocycles. The van der Waals surface area contributed by atoms with Gasteiger partial charge in [-0.2, -0.15) is 11.8 Å². The Morgan fingerprint density at radius 2 is 2.56 bits per heavy atom. The van der Waals surface area contributed by atoms with Crippen LogP contribution in [0.25, 0.3) is 0 Å². The first kappa shape index (κ1) is 11.8. The molecular weight excluding hydrogens is 218 g/mol. The summed E-state index contributed by atoms with van der Waals surface area (Å²) >= 11 is 1.92. The van der Waals surface area contributed by atoms with Crippen molar-refractivity contribution in [3.63, 3.8) is 0 Å². The molecule has 0 radical (unpaired) electrons. The summed E-state index contributed by atoms with van der Waals surface area (Å²) < 4.78 is 5.47. The lowest BCUT2D eigenvalue weighted by molar-refractivity contribution is 0.418. The van der Waals surface area contributed by atoms with Gasteiger partial charge in [-0.05, 0) is 18.9 Å². The number of aryl methyl sites for hydroxylation is 1. The van der Waals surface area contributed by atoms with Crippen LogP contribution < -0.4 is 5.32 Å². The highest BCUT2D eigenvalue weighted by atomic mass is 32.2. The zero-order valence-electron chi connectivity index (χ0n) is 9.58. The number of rotatable bonds is 6. The molecule has 0 bridgehead atoms. The molecule has 0 fully saturated rings. The van der Waals surface area contributed by atoms with E-state index in [1.165, 1.54) is 24.2 Å². The summed E-state index contributed by atoms with van der Waals surface area (Å²) in [6, 6.07) is 2.62. The van der Waals surface area contributed by atoms with E-state index >= 15 is 0 Å². The van der Waals surface area contributed by atoms with Gasteiger partial charge in [0.25, 0.3) is 0 Å². The lowest BCUT2D eigenvalue weighted by atomic mass is 9.93. The van der Waals surface area contributed by atoms with Crippen molar-refractivity contribution in [3.8, 4) is 0 Å². The quantitative estimate of drug-likeness (QED) is 0.608. The second-order valence-corrected chi connectivity index (χ2v) is 5.21. The molecule has 1 unspecified atom stereocenters. The second-order valence-electron chi connectivity index (χ2n) is 4.06. The zero-order valence-corrected chi connectivity index (χ0v) is 10.4. The molecule has 1 aliphatic rings. The second kappa shape index (κ2) is 6.16. The average Bonchev–Trinajstić information content (AvgIpc) is 2.77. The van der Waals surface area contributed by atoms with Gasteiger partial charge in [0.1, 0.15) is 5.76 Å². The van der Waals surface area contributed by atoms with Gasteiger partial charge in [0.15, 0.2) is 0 Å². The molecule has 88 valence electrons. The maximum absolute atomic E-state index is 5.47. The molecule has 2 nitrogen and oxygen atoms in total. The highest BCUT2D eigenvalue weighted by Crippen LogP contribution is 2.30. The van der Waals surface area contributed by atoms with Crippen LogP contribution in [0.15, 0.2) is 29.4 Å². The minimum atomic E-state index is 0.506. The molecule has 1 aromatic rings. The molecule has 0 spiro atoms. The summed E-state index contributed by atoms with van der Waals surface area (Å²) in [5.74, 6) is 3.38. The fourth-order valence-electron chi connectivity index (χ4n) is 2.17. The third-order valence-corrected chi connectivity index (χ3v) is 3.89. The van der Waals surface area contributed by atoms with E-state index in [1.54, 1.807) is 0 Å². The van der Waals surface area contributed by atoms with Crippen molar-refractivity contribution in [1.82, 2.24) is 5.32 Å². The first-order valence-corrected chi connectivity index (χ1v) is 7.05. The Bertz CT molecular complexity index is 334. The molecule has 1 N–H and O–H groups in total. The highest BCUT2D eigenvalue weighted by molar-refractivity contribution is 7.99. The largest absolute Gasteiger partial charge is 0.469 e. The molecule has 0 aromatic carbocycles. The Balaban J connectivity index is 1.77. The number of nitrogens with one attached hydrogen (secondary N) is 1. The lowest BCUT2D eigenvalue weighted by Gasteiger charge is -2.22. The molecule has 1 atom stereocenters. The Morgan fingerprint density at radius 3 is 3.44 bits per heavy atom. The monoisotopic (exact) mass is 237 g/mol. The Morgan fingerprint density at radius 1 is 1.62 bits per heavy atom. The maximum atomic E-state index is 5.47.